The molecule has 0 radical (unpaired) electrons. The molecule has 4 heteroatoms. The van der Waals surface area contributed by atoms with Crippen molar-refractivity contribution in [3.05, 3.63) is 24.3 Å². The number of para-hydroxylation sites is 2. The third-order valence-electron chi connectivity index (χ3n) is 6.59. The molecule has 0 heterocycles. The van der Waals surface area contributed by atoms with Gasteiger partial charge in [-0.15, -0.1) is 0 Å². The van der Waals surface area contributed by atoms with E-state index in [0.717, 1.165) is 48.5 Å². The summed E-state index contributed by atoms with van der Waals surface area (Å²) in [5, 5.41) is 0. The lowest BCUT2D eigenvalue weighted by Gasteiger charge is -2.56. The lowest BCUT2D eigenvalue weighted by atomic mass is 9.49. The maximum absolute atomic E-state index is 13.2. The number of hydrogen-bond acceptors (Lipinski definition) is 3. The molecule has 4 fully saturated rings. The van der Waals surface area contributed by atoms with Gasteiger partial charge in [0.25, 0.3) is 0 Å². The molecule has 136 valence electrons. The van der Waals surface area contributed by atoms with Gasteiger partial charge in [-0.05, 0) is 68.4 Å². The van der Waals surface area contributed by atoms with Crippen LogP contribution in [0.25, 0.3) is 0 Å². The lowest BCUT2D eigenvalue weighted by Crippen LogP contribution is -2.54. The average molecular weight is 343 g/mol. The predicted molar refractivity (Wildman–Crippen MR) is 96.7 cm³/mol. The number of ether oxygens (including phenoxy) is 2. The van der Waals surface area contributed by atoms with Crippen molar-refractivity contribution in [2.24, 2.45) is 23.2 Å². The van der Waals surface area contributed by atoms with Crippen molar-refractivity contribution in [1.29, 1.82) is 0 Å². The van der Waals surface area contributed by atoms with E-state index in [2.05, 4.69) is 0 Å². The summed E-state index contributed by atoms with van der Waals surface area (Å²) in [7, 11) is 3.58. The standard InChI is InChI=1S/C21H29NO3/c1-22(7-8-25-19-6-4-3-5-18(19)24-2)20(23)21-12-15-9-16(13-21)11-17(10-15)14-21/h3-6,15-17H,7-14H2,1-2H3. The van der Waals surface area contributed by atoms with Crippen molar-refractivity contribution in [2.45, 2.75) is 38.5 Å². The van der Waals surface area contributed by atoms with Crippen LogP contribution in [0, 0.1) is 23.2 Å². The molecule has 0 unspecified atom stereocenters. The molecular formula is C21H29NO3. The Bertz CT molecular complexity index is 606. The summed E-state index contributed by atoms with van der Waals surface area (Å²) in [5.74, 6) is 4.23. The van der Waals surface area contributed by atoms with Crippen LogP contribution in [-0.2, 0) is 4.79 Å². The van der Waals surface area contributed by atoms with Crippen molar-refractivity contribution >= 4 is 5.91 Å². The fraction of sp³-hybridized carbons (Fsp3) is 0.667. The van der Waals surface area contributed by atoms with Gasteiger partial charge in [-0.3, -0.25) is 4.79 Å². The van der Waals surface area contributed by atoms with E-state index >= 15 is 0 Å². The minimum atomic E-state index is -0.0616. The fourth-order valence-electron chi connectivity index (χ4n) is 5.91. The topological polar surface area (TPSA) is 38.8 Å². The van der Waals surface area contributed by atoms with Crippen molar-refractivity contribution in [1.82, 2.24) is 4.90 Å². The van der Waals surface area contributed by atoms with Gasteiger partial charge in [0.2, 0.25) is 5.91 Å². The van der Waals surface area contributed by atoms with Crippen molar-refractivity contribution in [3.8, 4) is 11.5 Å². The largest absolute Gasteiger partial charge is 0.493 e. The summed E-state index contributed by atoms with van der Waals surface area (Å²) in [4.78, 5) is 15.1. The number of rotatable bonds is 6. The van der Waals surface area contributed by atoms with Crippen molar-refractivity contribution < 1.29 is 14.3 Å². The van der Waals surface area contributed by atoms with Crippen molar-refractivity contribution in [3.63, 3.8) is 0 Å². The van der Waals surface area contributed by atoms with E-state index in [0.29, 0.717) is 19.1 Å². The molecule has 1 aromatic rings. The summed E-state index contributed by atoms with van der Waals surface area (Å²) >= 11 is 0. The molecule has 0 spiro atoms. The number of amides is 1. The summed E-state index contributed by atoms with van der Waals surface area (Å²) < 4.78 is 11.2. The van der Waals surface area contributed by atoms with Crippen LogP contribution < -0.4 is 9.47 Å². The Morgan fingerprint density at radius 1 is 1.08 bits per heavy atom. The van der Waals surface area contributed by atoms with Gasteiger partial charge >= 0.3 is 0 Å². The van der Waals surface area contributed by atoms with E-state index in [1.54, 1.807) is 7.11 Å². The predicted octanol–water partition coefficient (Wildman–Crippen LogP) is 3.75. The van der Waals surface area contributed by atoms with E-state index < -0.39 is 0 Å². The van der Waals surface area contributed by atoms with Crippen LogP contribution in [0.15, 0.2) is 24.3 Å². The zero-order valence-corrected chi connectivity index (χ0v) is 15.4. The highest BCUT2D eigenvalue weighted by atomic mass is 16.5. The number of benzene rings is 1. The van der Waals surface area contributed by atoms with Gasteiger partial charge in [0, 0.05) is 7.05 Å². The highest BCUT2D eigenvalue weighted by Crippen LogP contribution is 2.60. The molecule has 4 saturated carbocycles. The first kappa shape index (κ1) is 16.7. The highest BCUT2D eigenvalue weighted by Gasteiger charge is 2.55. The molecule has 25 heavy (non-hydrogen) atoms. The maximum Gasteiger partial charge on any atom is 0.228 e. The summed E-state index contributed by atoms with van der Waals surface area (Å²) in [6, 6.07) is 7.65. The SMILES string of the molecule is COc1ccccc1OCCN(C)C(=O)C12CC3CC(CC(C3)C1)C2. The lowest BCUT2D eigenvalue weighted by molar-refractivity contribution is -0.156. The van der Waals surface area contributed by atoms with Gasteiger partial charge in [-0.1, -0.05) is 12.1 Å². The zero-order chi connectivity index (χ0) is 17.4. The number of nitrogens with zero attached hydrogens (tertiary/aromatic N) is 1. The molecule has 0 saturated heterocycles. The minimum Gasteiger partial charge on any atom is -0.493 e. The maximum atomic E-state index is 13.2. The molecule has 1 amide bonds. The van der Waals surface area contributed by atoms with Gasteiger partial charge < -0.3 is 14.4 Å². The first-order chi connectivity index (χ1) is 12.1. The minimum absolute atomic E-state index is 0.0616. The van der Waals surface area contributed by atoms with Crippen LogP contribution in [0.4, 0.5) is 0 Å². The van der Waals surface area contributed by atoms with E-state index in [-0.39, 0.29) is 5.41 Å². The number of methoxy groups -OCH3 is 1. The van der Waals surface area contributed by atoms with E-state index in [4.69, 9.17) is 9.47 Å². The summed E-state index contributed by atoms with van der Waals surface area (Å²) in [5.41, 5.74) is -0.0616. The zero-order valence-electron chi connectivity index (χ0n) is 15.4. The number of hydrogen-bond donors (Lipinski definition) is 0. The smallest absolute Gasteiger partial charge is 0.228 e. The molecule has 0 aromatic heterocycles. The quantitative estimate of drug-likeness (QED) is 0.790. The second-order valence-corrected chi connectivity index (χ2v) is 8.42. The molecule has 0 atom stereocenters. The number of carbonyl (C=O) groups excluding carboxylic acids is 1. The van der Waals surface area contributed by atoms with Crippen LogP contribution in [0.2, 0.25) is 0 Å². The van der Waals surface area contributed by atoms with Crippen molar-refractivity contribution in [2.75, 3.05) is 27.3 Å². The molecule has 4 nitrogen and oxygen atoms in total. The van der Waals surface area contributed by atoms with Gasteiger partial charge in [0.1, 0.15) is 6.61 Å². The van der Waals surface area contributed by atoms with Crippen LogP contribution in [0.3, 0.4) is 0 Å². The first-order valence-electron chi connectivity index (χ1n) is 9.61. The Morgan fingerprint density at radius 2 is 1.64 bits per heavy atom. The fourth-order valence-corrected chi connectivity index (χ4v) is 5.91. The Morgan fingerprint density at radius 3 is 2.20 bits per heavy atom. The molecule has 4 aliphatic carbocycles. The summed E-state index contributed by atoms with van der Waals surface area (Å²) in [6.07, 6.45) is 7.47. The van der Waals surface area contributed by atoms with Gasteiger partial charge in [0.15, 0.2) is 11.5 Å². The molecular weight excluding hydrogens is 314 g/mol. The monoisotopic (exact) mass is 343 g/mol. The highest BCUT2D eigenvalue weighted by molar-refractivity contribution is 5.83. The Balaban J connectivity index is 1.35. The van der Waals surface area contributed by atoms with E-state index in [1.807, 2.05) is 36.2 Å². The van der Waals surface area contributed by atoms with E-state index in [1.165, 1.54) is 19.3 Å². The normalized spacial score (nSPS) is 32.5. The summed E-state index contributed by atoms with van der Waals surface area (Å²) in [6.45, 7) is 1.12. The van der Waals surface area contributed by atoms with Crippen LogP contribution in [0.5, 0.6) is 11.5 Å². The van der Waals surface area contributed by atoms with Gasteiger partial charge in [-0.25, -0.2) is 0 Å². The number of likely N-dealkylation sites (N-methyl/N-ethyl adjacent to an activating group) is 1. The van der Waals surface area contributed by atoms with Crippen LogP contribution >= 0.6 is 0 Å². The molecule has 5 rings (SSSR count). The van der Waals surface area contributed by atoms with Gasteiger partial charge in [-0.2, -0.15) is 0 Å². The second kappa shape index (κ2) is 6.54. The molecule has 0 aliphatic heterocycles. The molecule has 4 bridgehead atoms. The average Bonchev–Trinajstić information content (AvgIpc) is 2.60. The molecule has 4 aliphatic rings. The third-order valence-corrected chi connectivity index (χ3v) is 6.59. The molecule has 1 aromatic carbocycles. The van der Waals surface area contributed by atoms with Crippen LogP contribution in [0.1, 0.15) is 38.5 Å². The Labute approximate surface area is 150 Å². The Hall–Kier alpha value is -1.71. The van der Waals surface area contributed by atoms with E-state index in [9.17, 15) is 4.79 Å². The van der Waals surface area contributed by atoms with Crippen LogP contribution in [-0.4, -0.2) is 38.1 Å². The van der Waals surface area contributed by atoms with Gasteiger partial charge in [0.05, 0.1) is 19.1 Å². The molecule has 0 N–H and O–H groups in total. The second-order valence-electron chi connectivity index (χ2n) is 8.42. The Kier molecular flexibility index (Phi) is 4.38. The first-order valence-corrected chi connectivity index (χ1v) is 9.61. The third kappa shape index (κ3) is 3.11. The number of carbonyl (C=O) groups is 1.